The molecule has 0 fully saturated rings. The highest BCUT2D eigenvalue weighted by Gasteiger charge is 2.13. The molecule has 0 spiro atoms. The normalized spacial score (nSPS) is 11.0. The lowest BCUT2D eigenvalue weighted by molar-refractivity contribution is -0.121. The van der Waals surface area contributed by atoms with Gasteiger partial charge in [0, 0.05) is 68.5 Å². The molecule has 0 atom stereocenters. The van der Waals surface area contributed by atoms with Gasteiger partial charge in [-0.05, 0) is 74.1 Å². The second kappa shape index (κ2) is 15.3. The van der Waals surface area contributed by atoms with Crippen molar-refractivity contribution in [1.82, 2.24) is 30.1 Å². The van der Waals surface area contributed by atoms with Crippen LogP contribution in [0, 0.1) is 0 Å². The SMILES string of the molecule is CN(C)C/C=C/C(=O)Nc1cccc(CCC(=O)NCc2cc(-c3cnc(N)c(-c4ccc(C(=O)N(C)C)cn4)c3)ccn2)c1. The number of carbonyl (C=O) groups excluding carboxylic acids is 3. The molecule has 3 heterocycles. The van der Waals surface area contributed by atoms with Crippen LogP contribution >= 0.6 is 0 Å². The van der Waals surface area contributed by atoms with E-state index >= 15 is 0 Å². The highest BCUT2D eigenvalue weighted by atomic mass is 16.2. The Morgan fingerprint density at radius 2 is 1.73 bits per heavy atom. The van der Waals surface area contributed by atoms with E-state index in [-0.39, 0.29) is 30.7 Å². The molecule has 11 nitrogen and oxygen atoms in total. The van der Waals surface area contributed by atoms with E-state index < -0.39 is 0 Å². The summed E-state index contributed by atoms with van der Waals surface area (Å²) in [5.74, 6) is -0.119. The Balaban J connectivity index is 1.34. The molecule has 45 heavy (non-hydrogen) atoms. The maximum atomic E-state index is 12.6. The van der Waals surface area contributed by atoms with Crippen molar-refractivity contribution >= 4 is 29.2 Å². The fourth-order valence-electron chi connectivity index (χ4n) is 4.43. The van der Waals surface area contributed by atoms with Crippen LogP contribution in [0.25, 0.3) is 22.4 Å². The smallest absolute Gasteiger partial charge is 0.254 e. The number of aryl methyl sites for hydroxylation is 1. The van der Waals surface area contributed by atoms with Crippen molar-refractivity contribution in [1.29, 1.82) is 0 Å². The Kier molecular flexibility index (Phi) is 11.1. The predicted octanol–water partition coefficient (Wildman–Crippen LogP) is 3.79. The lowest BCUT2D eigenvalue weighted by atomic mass is 10.0. The van der Waals surface area contributed by atoms with Crippen LogP contribution in [0.3, 0.4) is 0 Å². The van der Waals surface area contributed by atoms with E-state index in [1.165, 1.54) is 17.2 Å². The number of nitrogens with two attached hydrogens (primary N) is 1. The lowest BCUT2D eigenvalue weighted by Gasteiger charge is -2.11. The zero-order chi connectivity index (χ0) is 32.3. The summed E-state index contributed by atoms with van der Waals surface area (Å²) in [4.78, 5) is 53.7. The predicted molar refractivity (Wildman–Crippen MR) is 176 cm³/mol. The number of nitrogen functional groups attached to an aromatic ring is 1. The number of carbonyl (C=O) groups is 3. The van der Waals surface area contributed by atoms with Crippen molar-refractivity contribution in [2.24, 2.45) is 0 Å². The highest BCUT2D eigenvalue weighted by molar-refractivity contribution is 5.99. The molecule has 0 unspecified atom stereocenters. The van der Waals surface area contributed by atoms with Gasteiger partial charge >= 0.3 is 0 Å². The first-order valence-corrected chi connectivity index (χ1v) is 14.5. The summed E-state index contributed by atoms with van der Waals surface area (Å²) in [5.41, 5.74) is 11.9. The summed E-state index contributed by atoms with van der Waals surface area (Å²) in [6, 6.07) is 16.6. The van der Waals surface area contributed by atoms with Crippen molar-refractivity contribution in [3.8, 4) is 22.4 Å². The summed E-state index contributed by atoms with van der Waals surface area (Å²) >= 11 is 0. The number of nitrogens with zero attached hydrogens (tertiary/aromatic N) is 5. The van der Waals surface area contributed by atoms with Gasteiger partial charge in [0.05, 0.1) is 23.5 Å². The molecule has 4 aromatic rings. The van der Waals surface area contributed by atoms with Crippen molar-refractivity contribution in [3.63, 3.8) is 0 Å². The Bertz CT molecular complexity index is 1680. The van der Waals surface area contributed by atoms with Crippen molar-refractivity contribution < 1.29 is 14.4 Å². The minimum Gasteiger partial charge on any atom is -0.383 e. The van der Waals surface area contributed by atoms with E-state index in [4.69, 9.17) is 5.73 Å². The first-order chi connectivity index (χ1) is 21.6. The standard InChI is InChI=1S/C34H38N8O3/c1-41(2)16-6-9-32(44)40-27-8-5-7-23(17-27)10-13-31(43)38-22-28-18-24(14-15-36-28)26-19-29(33(35)39-21-26)30-12-11-25(20-37-30)34(45)42(3)4/h5-9,11-12,14-15,17-21H,10,13,16,22H2,1-4H3,(H2,35,39)(H,38,43)(H,40,44)/b9-6+. The van der Waals surface area contributed by atoms with Gasteiger partial charge in [0.25, 0.3) is 5.91 Å². The van der Waals surface area contributed by atoms with Crippen molar-refractivity contribution in [3.05, 3.63) is 102 Å². The average Bonchev–Trinajstić information content (AvgIpc) is 3.03. The molecule has 232 valence electrons. The van der Waals surface area contributed by atoms with E-state index in [1.54, 1.807) is 44.7 Å². The number of nitrogens with one attached hydrogen (secondary N) is 2. The van der Waals surface area contributed by atoms with Gasteiger partial charge in [0.15, 0.2) is 0 Å². The van der Waals surface area contributed by atoms with Crippen LogP contribution < -0.4 is 16.4 Å². The maximum Gasteiger partial charge on any atom is 0.254 e. The summed E-state index contributed by atoms with van der Waals surface area (Å²) in [6.07, 6.45) is 9.01. The molecule has 3 amide bonds. The quantitative estimate of drug-likeness (QED) is 0.207. The van der Waals surface area contributed by atoms with Crippen LogP contribution in [-0.4, -0.2) is 77.2 Å². The van der Waals surface area contributed by atoms with Crippen LogP contribution in [0.15, 0.2) is 85.3 Å². The van der Waals surface area contributed by atoms with Gasteiger partial charge in [-0.3, -0.25) is 24.4 Å². The van der Waals surface area contributed by atoms with Gasteiger partial charge in [-0.15, -0.1) is 0 Å². The maximum absolute atomic E-state index is 12.6. The van der Waals surface area contributed by atoms with E-state index in [0.29, 0.717) is 47.0 Å². The molecule has 0 aliphatic rings. The average molecular weight is 607 g/mol. The molecule has 0 aliphatic carbocycles. The van der Waals surface area contributed by atoms with Crippen LogP contribution in [-0.2, 0) is 22.6 Å². The Morgan fingerprint density at radius 1 is 0.911 bits per heavy atom. The molecule has 0 saturated heterocycles. The molecule has 11 heteroatoms. The van der Waals surface area contributed by atoms with E-state index in [2.05, 4.69) is 25.6 Å². The zero-order valence-corrected chi connectivity index (χ0v) is 25.9. The van der Waals surface area contributed by atoms with Crippen LogP contribution in [0.1, 0.15) is 28.0 Å². The van der Waals surface area contributed by atoms with Gasteiger partial charge < -0.3 is 26.2 Å². The molecular formula is C34H38N8O3. The number of amides is 3. The van der Waals surface area contributed by atoms with Crippen LogP contribution in [0.5, 0.6) is 0 Å². The van der Waals surface area contributed by atoms with Gasteiger partial charge in [-0.2, -0.15) is 0 Å². The Morgan fingerprint density at radius 3 is 2.47 bits per heavy atom. The summed E-state index contributed by atoms with van der Waals surface area (Å²) < 4.78 is 0. The Hall–Kier alpha value is -5.42. The molecule has 0 bridgehead atoms. The van der Waals surface area contributed by atoms with Gasteiger partial charge in [0.1, 0.15) is 5.82 Å². The van der Waals surface area contributed by atoms with Gasteiger partial charge in [-0.1, -0.05) is 18.2 Å². The number of hydrogen-bond acceptors (Lipinski definition) is 8. The number of likely N-dealkylation sites (N-methyl/N-ethyl adjacent to an activating group) is 1. The number of anilines is 2. The zero-order valence-electron chi connectivity index (χ0n) is 25.9. The number of benzene rings is 1. The second-order valence-electron chi connectivity index (χ2n) is 11.0. The molecule has 4 rings (SSSR count). The van der Waals surface area contributed by atoms with Crippen molar-refractivity contribution in [2.75, 3.05) is 45.8 Å². The molecule has 0 saturated carbocycles. The fourth-order valence-corrected chi connectivity index (χ4v) is 4.43. The van der Waals surface area contributed by atoms with Gasteiger partial charge in [0.2, 0.25) is 11.8 Å². The second-order valence-corrected chi connectivity index (χ2v) is 11.0. The van der Waals surface area contributed by atoms with E-state index in [0.717, 1.165) is 16.7 Å². The third kappa shape index (κ3) is 9.54. The minimum atomic E-state index is -0.198. The summed E-state index contributed by atoms with van der Waals surface area (Å²) in [6.45, 7) is 0.942. The topological polar surface area (TPSA) is 146 Å². The molecule has 3 aromatic heterocycles. The fraction of sp³-hybridized carbons (Fsp3) is 0.235. The largest absolute Gasteiger partial charge is 0.383 e. The molecule has 1 aromatic carbocycles. The number of pyridine rings is 3. The van der Waals surface area contributed by atoms with Gasteiger partial charge in [-0.25, -0.2) is 4.98 Å². The molecular weight excluding hydrogens is 568 g/mol. The van der Waals surface area contributed by atoms with Crippen LogP contribution in [0.2, 0.25) is 0 Å². The van der Waals surface area contributed by atoms with Crippen LogP contribution in [0.4, 0.5) is 11.5 Å². The lowest BCUT2D eigenvalue weighted by Crippen LogP contribution is -2.23. The van der Waals surface area contributed by atoms with E-state index in [9.17, 15) is 14.4 Å². The highest BCUT2D eigenvalue weighted by Crippen LogP contribution is 2.29. The summed E-state index contributed by atoms with van der Waals surface area (Å²) in [5, 5.41) is 5.79. The number of aromatic nitrogens is 3. The summed E-state index contributed by atoms with van der Waals surface area (Å²) in [7, 11) is 7.24. The molecule has 4 N–H and O–H groups in total. The molecule has 0 aliphatic heterocycles. The molecule has 0 radical (unpaired) electrons. The van der Waals surface area contributed by atoms with Crippen molar-refractivity contribution in [2.45, 2.75) is 19.4 Å². The minimum absolute atomic E-state index is 0.109. The third-order valence-electron chi connectivity index (χ3n) is 6.80. The first-order valence-electron chi connectivity index (χ1n) is 14.5. The monoisotopic (exact) mass is 606 g/mol. The number of hydrogen-bond donors (Lipinski definition) is 3. The Labute approximate surface area is 263 Å². The number of rotatable bonds is 12. The van der Waals surface area contributed by atoms with E-state index in [1.807, 2.05) is 61.5 Å². The third-order valence-corrected chi connectivity index (χ3v) is 6.80. The first kappa shape index (κ1) is 32.5.